The molecule has 2 N–H and O–H groups in total. The average molecular weight is 407 g/mol. The van der Waals surface area contributed by atoms with Crippen LogP contribution in [0.1, 0.15) is 25.0 Å². The lowest BCUT2D eigenvalue weighted by Crippen LogP contribution is -2.33. The summed E-state index contributed by atoms with van der Waals surface area (Å²) in [6.45, 7) is 3.27. The maximum absolute atomic E-state index is 14.5. The fourth-order valence-corrected chi connectivity index (χ4v) is 2.62. The van der Waals surface area contributed by atoms with E-state index in [1.807, 2.05) is 0 Å². The van der Waals surface area contributed by atoms with Crippen molar-refractivity contribution in [1.29, 1.82) is 0 Å². The zero-order valence-corrected chi connectivity index (χ0v) is 16.2. The van der Waals surface area contributed by atoms with Gasteiger partial charge in [-0.2, -0.15) is 0 Å². The van der Waals surface area contributed by atoms with Gasteiger partial charge < -0.3 is 15.2 Å². The molecule has 2 rings (SSSR count). The Morgan fingerprint density at radius 1 is 1.07 bits per heavy atom. The van der Waals surface area contributed by atoms with Crippen molar-refractivity contribution < 1.29 is 23.5 Å². The average Bonchev–Trinajstić information content (AvgIpc) is 2.66. The SMILES string of the molecule is CCOC(=O)C(N=C(c1cc(Cl)ccc1N)c1ccccc1F)C(=O)OCC. The van der Waals surface area contributed by atoms with E-state index in [2.05, 4.69) is 4.99 Å². The fraction of sp³-hybridized carbons (Fsp3) is 0.250. The molecule has 0 bridgehead atoms. The van der Waals surface area contributed by atoms with Gasteiger partial charge in [-0.05, 0) is 44.2 Å². The molecule has 0 radical (unpaired) electrons. The van der Waals surface area contributed by atoms with Gasteiger partial charge in [-0.3, -0.25) is 4.99 Å². The van der Waals surface area contributed by atoms with Crippen molar-refractivity contribution in [3.05, 3.63) is 64.4 Å². The molecule has 28 heavy (non-hydrogen) atoms. The molecule has 2 aromatic carbocycles. The van der Waals surface area contributed by atoms with Crippen molar-refractivity contribution in [2.24, 2.45) is 4.99 Å². The van der Waals surface area contributed by atoms with Crippen molar-refractivity contribution in [2.45, 2.75) is 19.9 Å². The summed E-state index contributed by atoms with van der Waals surface area (Å²) in [4.78, 5) is 28.8. The molecule has 0 aliphatic rings. The van der Waals surface area contributed by atoms with E-state index in [-0.39, 0.29) is 35.7 Å². The number of carbonyl (C=O) groups excluding carboxylic acids is 2. The van der Waals surface area contributed by atoms with Crippen LogP contribution in [0.25, 0.3) is 0 Å². The second kappa shape index (κ2) is 9.85. The van der Waals surface area contributed by atoms with Crippen LogP contribution in [0.2, 0.25) is 5.02 Å². The number of rotatable bonds is 7. The fourth-order valence-electron chi connectivity index (χ4n) is 2.44. The molecule has 0 saturated heterocycles. The summed E-state index contributed by atoms with van der Waals surface area (Å²) >= 11 is 6.06. The topological polar surface area (TPSA) is 91.0 Å². The molecular formula is C20H20ClFN2O4. The number of esters is 2. The maximum atomic E-state index is 14.5. The molecule has 8 heteroatoms. The van der Waals surface area contributed by atoms with E-state index >= 15 is 0 Å². The molecule has 0 aliphatic heterocycles. The summed E-state index contributed by atoms with van der Waals surface area (Å²) in [6.07, 6.45) is 0. The first-order valence-corrected chi connectivity index (χ1v) is 8.98. The lowest BCUT2D eigenvalue weighted by molar-refractivity contribution is -0.156. The number of halogens is 2. The van der Waals surface area contributed by atoms with Crippen molar-refractivity contribution >= 4 is 34.9 Å². The molecule has 2 aromatic rings. The van der Waals surface area contributed by atoms with Gasteiger partial charge in [0.1, 0.15) is 5.82 Å². The molecule has 6 nitrogen and oxygen atoms in total. The Morgan fingerprint density at radius 2 is 1.68 bits per heavy atom. The van der Waals surface area contributed by atoms with Crippen LogP contribution >= 0.6 is 11.6 Å². The Kier molecular flexibility index (Phi) is 7.52. The molecule has 148 valence electrons. The third-order valence-electron chi connectivity index (χ3n) is 3.68. The molecule has 0 saturated carbocycles. The highest BCUT2D eigenvalue weighted by Gasteiger charge is 2.31. The Morgan fingerprint density at radius 3 is 2.25 bits per heavy atom. The maximum Gasteiger partial charge on any atom is 0.342 e. The predicted octanol–water partition coefficient (Wildman–Crippen LogP) is 3.39. The van der Waals surface area contributed by atoms with Crippen LogP contribution < -0.4 is 5.73 Å². The lowest BCUT2D eigenvalue weighted by atomic mass is 9.99. The summed E-state index contributed by atoms with van der Waals surface area (Å²) < 4.78 is 24.4. The van der Waals surface area contributed by atoms with Crippen molar-refractivity contribution in [2.75, 3.05) is 18.9 Å². The van der Waals surface area contributed by atoms with Crippen LogP contribution in [0.5, 0.6) is 0 Å². The van der Waals surface area contributed by atoms with E-state index in [0.717, 1.165) is 0 Å². The Bertz CT molecular complexity index is 884. The summed E-state index contributed by atoms with van der Waals surface area (Å²) in [6, 6.07) is 8.73. The number of hydrogen-bond donors (Lipinski definition) is 1. The normalized spacial score (nSPS) is 11.4. The van der Waals surface area contributed by atoms with Gasteiger partial charge in [-0.15, -0.1) is 0 Å². The largest absolute Gasteiger partial charge is 0.464 e. The minimum atomic E-state index is -1.63. The standard InChI is InChI=1S/C20H20ClFN2O4/c1-3-27-19(25)18(20(26)28-4-2)24-17(13-7-5-6-8-15(13)22)14-11-12(21)9-10-16(14)23/h5-11,18H,3-4,23H2,1-2H3. The van der Waals surface area contributed by atoms with Gasteiger partial charge >= 0.3 is 11.9 Å². The minimum Gasteiger partial charge on any atom is -0.464 e. The first-order valence-electron chi connectivity index (χ1n) is 8.60. The second-order valence-corrected chi connectivity index (χ2v) is 6.03. The molecular weight excluding hydrogens is 387 g/mol. The van der Waals surface area contributed by atoms with Crippen LogP contribution in [0.4, 0.5) is 10.1 Å². The molecule has 0 aromatic heterocycles. The number of hydrogen-bond acceptors (Lipinski definition) is 6. The lowest BCUT2D eigenvalue weighted by Gasteiger charge is -2.16. The molecule has 0 aliphatic carbocycles. The Hall–Kier alpha value is -2.93. The number of nitrogens with two attached hydrogens (primary N) is 1. The number of benzene rings is 2. The van der Waals surface area contributed by atoms with Crippen LogP contribution in [-0.2, 0) is 19.1 Å². The van der Waals surface area contributed by atoms with Crippen LogP contribution in [0.15, 0.2) is 47.5 Å². The van der Waals surface area contributed by atoms with Crippen molar-refractivity contribution in [3.63, 3.8) is 0 Å². The van der Waals surface area contributed by atoms with Gasteiger partial charge in [-0.25, -0.2) is 14.0 Å². The quantitative estimate of drug-likeness (QED) is 0.329. The van der Waals surface area contributed by atoms with Crippen LogP contribution in [0, 0.1) is 5.82 Å². The number of anilines is 1. The number of nitrogen functional groups attached to an aromatic ring is 1. The minimum absolute atomic E-state index is 0.00999. The number of nitrogens with zero attached hydrogens (tertiary/aromatic N) is 1. The summed E-state index contributed by atoms with van der Waals surface area (Å²) in [5, 5.41) is 0.331. The van der Waals surface area contributed by atoms with Gasteiger partial charge in [0.25, 0.3) is 0 Å². The van der Waals surface area contributed by atoms with E-state index in [0.29, 0.717) is 5.02 Å². The first kappa shape index (κ1) is 21.4. The molecule has 0 atom stereocenters. The third kappa shape index (κ3) is 5.07. The van der Waals surface area contributed by atoms with E-state index in [1.54, 1.807) is 26.0 Å². The van der Waals surface area contributed by atoms with Gasteiger partial charge in [0.2, 0.25) is 6.04 Å². The van der Waals surface area contributed by atoms with E-state index in [4.69, 9.17) is 26.8 Å². The van der Waals surface area contributed by atoms with E-state index < -0.39 is 23.8 Å². The highest BCUT2D eigenvalue weighted by atomic mass is 35.5. The number of ether oxygens (including phenoxy) is 2. The Labute approximate surface area is 167 Å². The number of aliphatic imine (C=N–C) groups is 1. The van der Waals surface area contributed by atoms with Crippen molar-refractivity contribution in [3.8, 4) is 0 Å². The second-order valence-electron chi connectivity index (χ2n) is 5.60. The molecule has 0 amide bonds. The molecule has 0 fully saturated rings. The molecule has 0 heterocycles. The summed E-state index contributed by atoms with van der Waals surface area (Å²) in [7, 11) is 0. The smallest absolute Gasteiger partial charge is 0.342 e. The van der Waals surface area contributed by atoms with E-state index in [1.165, 1.54) is 30.3 Å². The summed E-state index contributed by atoms with van der Waals surface area (Å²) in [5.74, 6) is -2.42. The highest BCUT2D eigenvalue weighted by Crippen LogP contribution is 2.24. The van der Waals surface area contributed by atoms with Crippen LogP contribution in [-0.4, -0.2) is 36.9 Å². The van der Waals surface area contributed by atoms with Crippen molar-refractivity contribution in [1.82, 2.24) is 0 Å². The monoisotopic (exact) mass is 406 g/mol. The zero-order valence-electron chi connectivity index (χ0n) is 15.4. The Balaban J connectivity index is 2.71. The molecule has 0 unspecified atom stereocenters. The molecule has 0 spiro atoms. The van der Waals surface area contributed by atoms with Gasteiger partial charge in [0.05, 0.1) is 18.9 Å². The highest BCUT2D eigenvalue weighted by molar-refractivity contribution is 6.31. The first-order chi connectivity index (χ1) is 13.4. The predicted molar refractivity (Wildman–Crippen MR) is 105 cm³/mol. The number of carbonyl (C=O) groups is 2. The van der Waals surface area contributed by atoms with Gasteiger partial charge in [-0.1, -0.05) is 23.7 Å². The van der Waals surface area contributed by atoms with Gasteiger partial charge in [0, 0.05) is 21.8 Å². The van der Waals surface area contributed by atoms with E-state index in [9.17, 15) is 14.0 Å². The van der Waals surface area contributed by atoms with Crippen LogP contribution in [0.3, 0.4) is 0 Å². The zero-order chi connectivity index (χ0) is 20.7. The third-order valence-corrected chi connectivity index (χ3v) is 3.91. The summed E-state index contributed by atoms with van der Waals surface area (Å²) in [5.41, 5.74) is 6.59. The van der Waals surface area contributed by atoms with Gasteiger partial charge in [0.15, 0.2) is 0 Å².